The lowest BCUT2D eigenvalue weighted by molar-refractivity contribution is -0.131. The molecule has 0 radical (unpaired) electrons. The molecule has 0 aromatic rings. The van der Waals surface area contributed by atoms with Crippen LogP contribution in [0, 0.1) is 0 Å². The van der Waals surface area contributed by atoms with Crippen LogP contribution in [0.15, 0.2) is 0 Å². The van der Waals surface area contributed by atoms with Gasteiger partial charge in [-0.25, -0.2) is 0 Å². The van der Waals surface area contributed by atoms with E-state index in [0.717, 1.165) is 0 Å². The minimum atomic E-state index is 0.0359. The average Bonchev–Trinajstić information content (AvgIpc) is 1.59. The highest BCUT2D eigenvalue weighted by molar-refractivity contribution is 6.02. The standard InChI is InChI=1S/C6H9NO2/c1-7-3-5(8)2-6(9)4-7/h2-4H2,1H3. The molecule has 1 heterocycles. The summed E-state index contributed by atoms with van der Waals surface area (Å²) in [5, 5.41) is 0. The second-order valence-electron chi connectivity index (χ2n) is 2.43. The maximum Gasteiger partial charge on any atom is 0.154 e. The number of nitrogens with zero attached hydrogens (tertiary/aromatic N) is 1. The number of carbonyl (C=O) groups is 2. The lowest BCUT2D eigenvalue weighted by Gasteiger charge is -2.18. The van der Waals surface area contributed by atoms with E-state index < -0.39 is 0 Å². The summed E-state index contributed by atoms with van der Waals surface area (Å²) in [6.07, 6.45) is 0.143. The van der Waals surface area contributed by atoms with Crippen LogP contribution in [0.25, 0.3) is 0 Å². The molecule has 0 aliphatic carbocycles. The van der Waals surface area contributed by atoms with E-state index in [1.165, 1.54) is 0 Å². The van der Waals surface area contributed by atoms with Crippen molar-refractivity contribution in [1.82, 2.24) is 4.90 Å². The lowest BCUT2D eigenvalue weighted by Crippen LogP contribution is -2.38. The number of ketones is 2. The largest absolute Gasteiger partial charge is 0.298 e. The number of Topliss-reactive ketones (excluding diaryl/α,β-unsaturated/α-hetero) is 2. The van der Waals surface area contributed by atoms with E-state index in [1.54, 1.807) is 11.9 Å². The van der Waals surface area contributed by atoms with Crippen molar-refractivity contribution in [2.75, 3.05) is 20.1 Å². The topological polar surface area (TPSA) is 37.4 Å². The summed E-state index contributed by atoms with van der Waals surface area (Å²) in [5.41, 5.74) is 0. The zero-order valence-electron chi connectivity index (χ0n) is 5.39. The number of hydrogen-bond acceptors (Lipinski definition) is 3. The molecule has 0 unspecified atom stereocenters. The van der Waals surface area contributed by atoms with Gasteiger partial charge in [-0.15, -0.1) is 0 Å². The Hall–Kier alpha value is -0.700. The number of rotatable bonds is 0. The first-order valence-corrected chi connectivity index (χ1v) is 2.90. The fraction of sp³-hybridized carbons (Fsp3) is 0.667. The fourth-order valence-electron chi connectivity index (χ4n) is 0.990. The Bertz CT molecular complexity index is 137. The van der Waals surface area contributed by atoms with Gasteiger partial charge in [-0.2, -0.15) is 0 Å². The van der Waals surface area contributed by atoms with Crippen molar-refractivity contribution >= 4 is 11.6 Å². The third-order valence-electron chi connectivity index (χ3n) is 1.29. The smallest absolute Gasteiger partial charge is 0.154 e. The Morgan fingerprint density at radius 1 is 1.22 bits per heavy atom. The van der Waals surface area contributed by atoms with Gasteiger partial charge in [0.1, 0.15) is 0 Å². The molecule has 0 bridgehead atoms. The number of carbonyl (C=O) groups excluding carboxylic acids is 2. The van der Waals surface area contributed by atoms with Gasteiger partial charge in [0.25, 0.3) is 0 Å². The third-order valence-corrected chi connectivity index (χ3v) is 1.29. The molecule has 1 fully saturated rings. The van der Waals surface area contributed by atoms with E-state index in [1.807, 2.05) is 0 Å². The van der Waals surface area contributed by atoms with Crippen LogP contribution in [0.1, 0.15) is 6.42 Å². The van der Waals surface area contributed by atoms with Gasteiger partial charge < -0.3 is 0 Å². The van der Waals surface area contributed by atoms with E-state index in [-0.39, 0.29) is 18.0 Å². The molecule has 9 heavy (non-hydrogen) atoms. The second-order valence-corrected chi connectivity index (χ2v) is 2.43. The highest BCUT2D eigenvalue weighted by Crippen LogP contribution is 1.98. The molecule has 0 atom stereocenters. The number of hydrogen-bond donors (Lipinski definition) is 0. The first-order valence-electron chi connectivity index (χ1n) is 2.90. The van der Waals surface area contributed by atoms with Crippen LogP contribution in [0.2, 0.25) is 0 Å². The molecule has 3 heteroatoms. The van der Waals surface area contributed by atoms with E-state index in [0.29, 0.717) is 13.1 Å². The van der Waals surface area contributed by atoms with E-state index in [2.05, 4.69) is 0 Å². The molecule has 0 aromatic carbocycles. The fourth-order valence-corrected chi connectivity index (χ4v) is 0.990. The SMILES string of the molecule is CN1CC(=O)CC(=O)C1. The molecule has 1 rings (SSSR count). The maximum atomic E-state index is 10.6. The van der Waals surface area contributed by atoms with E-state index in [9.17, 15) is 9.59 Å². The molecule has 0 amide bonds. The van der Waals surface area contributed by atoms with Gasteiger partial charge in [-0.3, -0.25) is 14.5 Å². The number of piperidine rings is 1. The van der Waals surface area contributed by atoms with Crippen LogP contribution in [0.4, 0.5) is 0 Å². The molecule has 1 aliphatic rings. The van der Waals surface area contributed by atoms with Crippen LogP contribution < -0.4 is 0 Å². The molecule has 1 aliphatic heterocycles. The van der Waals surface area contributed by atoms with Crippen LogP contribution in [0.5, 0.6) is 0 Å². The predicted molar refractivity (Wildman–Crippen MR) is 32.1 cm³/mol. The van der Waals surface area contributed by atoms with Crippen molar-refractivity contribution in [2.24, 2.45) is 0 Å². The highest BCUT2D eigenvalue weighted by atomic mass is 16.2. The Balaban J connectivity index is 2.53. The zero-order chi connectivity index (χ0) is 6.85. The molecule has 0 spiro atoms. The van der Waals surface area contributed by atoms with Crippen molar-refractivity contribution in [1.29, 1.82) is 0 Å². The van der Waals surface area contributed by atoms with Crippen LogP contribution >= 0.6 is 0 Å². The molecule has 50 valence electrons. The molecule has 3 nitrogen and oxygen atoms in total. The van der Waals surface area contributed by atoms with Gasteiger partial charge in [0.15, 0.2) is 11.6 Å². The molecule has 1 saturated heterocycles. The predicted octanol–water partition coefficient (Wildman–Crippen LogP) is -0.540. The quantitative estimate of drug-likeness (QED) is 0.410. The summed E-state index contributed by atoms with van der Waals surface area (Å²) >= 11 is 0. The first kappa shape index (κ1) is 6.42. The Morgan fingerprint density at radius 2 is 1.67 bits per heavy atom. The number of likely N-dealkylation sites (N-methyl/N-ethyl adjacent to an activating group) is 1. The summed E-state index contributed by atoms with van der Waals surface area (Å²) in [6.45, 7) is 0.872. The van der Waals surface area contributed by atoms with Crippen LogP contribution in [0.3, 0.4) is 0 Å². The minimum Gasteiger partial charge on any atom is -0.298 e. The second kappa shape index (κ2) is 2.27. The van der Waals surface area contributed by atoms with Crippen molar-refractivity contribution < 1.29 is 9.59 Å². The van der Waals surface area contributed by atoms with Crippen molar-refractivity contribution in [2.45, 2.75) is 6.42 Å². The van der Waals surface area contributed by atoms with Crippen molar-refractivity contribution in [3.8, 4) is 0 Å². The third kappa shape index (κ3) is 1.61. The summed E-state index contributed by atoms with van der Waals surface area (Å²) < 4.78 is 0. The van der Waals surface area contributed by atoms with Gasteiger partial charge in [-0.05, 0) is 7.05 Å². The Morgan fingerprint density at radius 3 is 2.00 bits per heavy atom. The van der Waals surface area contributed by atoms with Gasteiger partial charge in [0.05, 0.1) is 19.5 Å². The van der Waals surface area contributed by atoms with E-state index in [4.69, 9.17) is 0 Å². The monoisotopic (exact) mass is 127 g/mol. The number of likely N-dealkylation sites (tertiary alicyclic amines) is 1. The van der Waals surface area contributed by atoms with Gasteiger partial charge in [0, 0.05) is 0 Å². The van der Waals surface area contributed by atoms with Gasteiger partial charge >= 0.3 is 0 Å². The Labute approximate surface area is 53.6 Å². The first-order chi connectivity index (χ1) is 4.18. The van der Waals surface area contributed by atoms with Crippen molar-refractivity contribution in [3.05, 3.63) is 0 Å². The maximum absolute atomic E-state index is 10.6. The summed E-state index contributed by atoms with van der Waals surface area (Å²) in [5.74, 6) is 0.0718. The molecule has 0 saturated carbocycles. The van der Waals surface area contributed by atoms with Crippen LogP contribution in [-0.4, -0.2) is 36.6 Å². The molecular formula is C6H9NO2. The Kier molecular flexibility index (Phi) is 1.62. The minimum absolute atomic E-state index is 0.0359. The lowest BCUT2D eigenvalue weighted by atomic mass is 10.1. The normalized spacial score (nSPS) is 22.8. The molecular weight excluding hydrogens is 118 g/mol. The molecule has 0 N–H and O–H groups in total. The zero-order valence-corrected chi connectivity index (χ0v) is 5.39. The summed E-state index contributed by atoms with van der Waals surface area (Å²) in [4.78, 5) is 23.0. The molecule has 0 aromatic heterocycles. The van der Waals surface area contributed by atoms with Crippen LogP contribution in [-0.2, 0) is 9.59 Å². The summed E-state index contributed by atoms with van der Waals surface area (Å²) in [6, 6.07) is 0. The summed E-state index contributed by atoms with van der Waals surface area (Å²) in [7, 11) is 1.77. The van der Waals surface area contributed by atoms with Crippen molar-refractivity contribution in [3.63, 3.8) is 0 Å². The van der Waals surface area contributed by atoms with E-state index >= 15 is 0 Å². The highest BCUT2D eigenvalue weighted by Gasteiger charge is 2.19. The van der Waals surface area contributed by atoms with Gasteiger partial charge in [-0.1, -0.05) is 0 Å². The van der Waals surface area contributed by atoms with Gasteiger partial charge in [0.2, 0.25) is 0 Å². The average molecular weight is 127 g/mol.